The van der Waals surface area contributed by atoms with Crippen LogP contribution < -0.4 is 4.90 Å². The Hall–Kier alpha value is -0.980. The van der Waals surface area contributed by atoms with Crippen LogP contribution in [-0.2, 0) is 11.3 Å². The molecule has 3 heterocycles. The number of anilines is 1. The Labute approximate surface area is 139 Å². The van der Waals surface area contributed by atoms with Crippen molar-refractivity contribution in [1.82, 2.24) is 9.36 Å². The van der Waals surface area contributed by atoms with E-state index in [2.05, 4.69) is 26.8 Å². The van der Waals surface area contributed by atoms with Gasteiger partial charge in [-0.15, -0.1) is 11.3 Å². The maximum absolute atomic E-state index is 5.47. The van der Waals surface area contributed by atoms with Gasteiger partial charge >= 0.3 is 0 Å². The Morgan fingerprint density at radius 1 is 1.32 bits per heavy atom. The van der Waals surface area contributed by atoms with Crippen molar-refractivity contribution in [1.29, 1.82) is 0 Å². The van der Waals surface area contributed by atoms with E-state index in [1.54, 1.807) is 11.5 Å². The minimum atomic E-state index is 0.400. The summed E-state index contributed by atoms with van der Waals surface area (Å²) >= 11 is 3.38. The minimum Gasteiger partial charge on any atom is -0.381 e. The molecule has 0 radical (unpaired) electrons. The molecular formula is C16H21N3OS2. The molecule has 118 valence electrons. The van der Waals surface area contributed by atoms with E-state index < -0.39 is 0 Å². The molecule has 0 amide bonds. The van der Waals surface area contributed by atoms with Gasteiger partial charge in [0.25, 0.3) is 0 Å². The molecule has 0 aromatic carbocycles. The van der Waals surface area contributed by atoms with E-state index in [-0.39, 0.29) is 0 Å². The Bertz CT molecular complexity index is 588. The largest absolute Gasteiger partial charge is 0.381 e. The summed E-state index contributed by atoms with van der Waals surface area (Å²) in [7, 11) is 0. The van der Waals surface area contributed by atoms with Crippen LogP contribution in [0.3, 0.4) is 0 Å². The molecule has 0 spiro atoms. The first-order valence-corrected chi connectivity index (χ1v) is 9.72. The number of nitrogens with zero attached hydrogens (tertiary/aromatic N) is 3. The van der Waals surface area contributed by atoms with Crippen LogP contribution in [0.5, 0.6) is 0 Å². The molecule has 0 N–H and O–H groups in total. The van der Waals surface area contributed by atoms with Crippen LogP contribution in [0, 0.1) is 5.92 Å². The Morgan fingerprint density at radius 2 is 2.27 bits per heavy atom. The van der Waals surface area contributed by atoms with Crippen LogP contribution in [0.15, 0.2) is 17.5 Å². The van der Waals surface area contributed by atoms with E-state index in [0.29, 0.717) is 5.92 Å². The predicted octanol–water partition coefficient (Wildman–Crippen LogP) is 3.91. The fourth-order valence-electron chi connectivity index (χ4n) is 3.05. The third-order valence-corrected chi connectivity index (χ3v) is 6.28. The van der Waals surface area contributed by atoms with Crippen LogP contribution in [-0.4, -0.2) is 29.1 Å². The lowest BCUT2D eigenvalue weighted by molar-refractivity contribution is 0.193. The van der Waals surface area contributed by atoms with Crippen molar-refractivity contribution >= 4 is 28.0 Å². The third-order valence-electron chi connectivity index (χ3n) is 4.63. The Kier molecular flexibility index (Phi) is 4.41. The van der Waals surface area contributed by atoms with Crippen LogP contribution >= 0.6 is 22.9 Å². The van der Waals surface area contributed by atoms with Crippen molar-refractivity contribution in [3.05, 3.63) is 28.2 Å². The van der Waals surface area contributed by atoms with Crippen molar-refractivity contribution in [2.75, 3.05) is 24.7 Å². The lowest BCUT2D eigenvalue weighted by Crippen LogP contribution is -2.32. The predicted molar refractivity (Wildman–Crippen MR) is 90.8 cm³/mol. The fourth-order valence-corrected chi connectivity index (χ4v) is 4.52. The second kappa shape index (κ2) is 6.64. The summed E-state index contributed by atoms with van der Waals surface area (Å²) in [5, 5.41) is 3.24. The Balaban J connectivity index is 1.50. The Morgan fingerprint density at radius 3 is 2.95 bits per heavy atom. The van der Waals surface area contributed by atoms with Crippen LogP contribution in [0.2, 0.25) is 0 Å². The zero-order valence-electron chi connectivity index (χ0n) is 12.6. The molecule has 0 bridgehead atoms. The van der Waals surface area contributed by atoms with Crippen LogP contribution in [0.25, 0.3) is 0 Å². The molecule has 2 fully saturated rings. The highest BCUT2D eigenvalue weighted by Gasteiger charge is 2.26. The highest BCUT2D eigenvalue weighted by atomic mass is 32.1. The molecule has 1 aliphatic heterocycles. The van der Waals surface area contributed by atoms with Crippen molar-refractivity contribution in [3.8, 4) is 0 Å². The first-order chi connectivity index (χ1) is 10.9. The van der Waals surface area contributed by atoms with Crippen molar-refractivity contribution < 1.29 is 4.74 Å². The number of thiophene rings is 1. The molecule has 2 aromatic rings. The van der Waals surface area contributed by atoms with Gasteiger partial charge in [-0.2, -0.15) is 4.37 Å². The van der Waals surface area contributed by atoms with Gasteiger partial charge < -0.3 is 9.64 Å². The SMILES string of the molecule is c1csc(CN(CC2CCC2)c2nc(C3CCOC3)ns2)c1. The first kappa shape index (κ1) is 14.6. The smallest absolute Gasteiger partial charge is 0.205 e. The van der Waals surface area contributed by atoms with E-state index in [1.165, 1.54) is 24.1 Å². The van der Waals surface area contributed by atoms with Gasteiger partial charge in [0.2, 0.25) is 5.13 Å². The molecule has 22 heavy (non-hydrogen) atoms. The number of rotatable bonds is 6. The highest BCUT2D eigenvalue weighted by molar-refractivity contribution is 7.10. The third kappa shape index (κ3) is 3.19. The lowest BCUT2D eigenvalue weighted by Gasteiger charge is -2.31. The van der Waals surface area contributed by atoms with Gasteiger partial charge in [0.05, 0.1) is 13.2 Å². The van der Waals surface area contributed by atoms with Gasteiger partial charge in [0.15, 0.2) is 0 Å². The standard InChI is InChI=1S/C16H21N3OS2/c1-3-12(4-1)9-19(10-14-5-2-8-21-14)16-17-15(18-22-16)13-6-7-20-11-13/h2,5,8,12-13H,1,3-4,6-7,9-11H2. The van der Waals surface area contributed by atoms with E-state index in [9.17, 15) is 0 Å². The number of ether oxygens (including phenoxy) is 1. The summed E-state index contributed by atoms with van der Waals surface area (Å²) in [4.78, 5) is 8.68. The maximum atomic E-state index is 5.47. The summed E-state index contributed by atoms with van der Waals surface area (Å²) in [6.45, 7) is 3.71. The minimum absolute atomic E-state index is 0.400. The van der Waals surface area contributed by atoms with Crippen molar-refractivity contribution in [3.63, 3.8) is 0 Å². The lowest BCUT2D eigenvalue weighted by atomic mass is 9.85. The molecular weight excluding hydrogens is 314 g/mol. The zero-order chi connectivity index (χ0) is 14.8. The number of hydrogen-bond acceptors (Lipinski definition) is 6. The number of hydrogen-bond donors (Lipinski definition) is 0. The molecule has 4 nitrogen and oxygen atoms in total. The molecule has 1 saturated heterocycles. The average molecular weight is 335 g/mol. The maximum Gasteiger partial charge on any atom is 0.205 e. The molecule has 4 rings (SSSR count). The molecule has 6 heteroatoms. The van der Waals surface area contributed by atoms with Gasteiger partial charge in [-0.25, -0.2) is 4.98 Å². The topological polar surface area (TPSA) is 38.2 Å². The number of aromatic nitrogens is 2. The fraction of sp³-hybridized carbons (Fsp3) is 0.625. The zero-order valence-corrected chi connectivity index (χ0v) is 14.2. The second-order valence-electron chi connectivity index (χ2n) is 6.25. The van der Waals surface area contributed by atoms with Crippen molar-refractivity contribution in [2.24, 2.45) is 5.92 Å². The summed E-state index contributed by atoms with van der Waals surface area (Å²) in [5.41, 5.74) is 0. The summed E-state index contributed by atoms with van der Waals surface area (Å²) in [6.07, 6.45) is 5.17. The monoisotopic (exact) mass is 335 g/mol. The summed E-state index contributed by atoms with van der Waals surface area (Å²) in [5.74, 6) is 2.22. The molecule has 2 aromatic heterocycles. The van der Waals surface area contributed by atoms with Gasteiger partial charge in [-0.05, 0) is 36.6 Å². The normalized spacial score (nSPS) is 21.9. The molecule has 2 aliphatic rings. The van der Waals surface area contributed by atoms with Gasteiger partial charge in [-0.3, -0.25) is 0 Å². The molecule has 1 aliphatic carbocycles. The molecule has 1 atom stereocenters. The summed E-state index contributed by atoms with van der Waals surface area (Å²) < 4.78 is 10.1. The van der Waals surface area contributed by atoms with E-state index in [4.69, 9.17) is 9.72 Å². The average Bonchev–Trinajstić information content (AvgIpc) is 3.22. The summed E-state index contributed by atoms with van der Waals surface area (Å²) in [6, 6.07) is 4.34. The van der Waals surface area contributed by atoms with Gasteiger partial charge in [0, 0.05) is 35.5 Å². The highest BCUT2D eigenvalue weighted by Crippen LogP contribution is 2.32. The van der Waals surface area contributed by atoms with Crippen LogP contribution in [0.1, 0.15) is 42.3 Å². The van der Waals surface area contributed by atoms with E-state index >= 15 is 0 Å². The van der Waals surface area contributed by atoms with E-state index in [1.807, 2.05) is 11.3 Å². The van der Waals surface area contributed by atoms with Gasteiger partial charge in [-0.1, -0.05) is 12.5 Å². The molecule has 1 unspecified atom stereocenters. The van der Waals surface area contributed by atoms with Crippen molar-refractivity contribution in [2.45, 2.75) is 38.1 Å². The van der Waals surface area contributed by atoms with E-state index in [0.717, 1.165) is 49.6 Å². The first-order valence-electron chi connectivity index (χ1n) is 8.07. The molecule has 1 saturated carbocycles. The quantitative estimate of drug-likeness (QED) is 0.802. The van der Waals surface area contributed by atoms with Gasteiger partial charge in [0.1, 0.15) is 5.82 Å². The second-order valence-corrected chi connectivity index (χ2v) is 8.02. The van der Waals surface area contributed by atoms with Crippen LogP contribution in [0.4, 0.5) is 5.13 Å².